The number of nitrogens with zero attached hydrogens (tertiary/aromatic N) is 2. The second-order valence-electron chi connectivity index (χ2n) is 2.84. The lowest BCUT2D eigenvalue weighted by atomic mass is 10.2. The third-order valence-corrected chi connectivity index (χ3v) is 1.73. The van der Waals surface area contributed by atoms with E-state index in [2.05, 4.69) is 18.1 Å². The van der Waals surface area contributed by atoms with Gasteiger partial charge in [0.25, 0.3) is 0 Å². The first-order chi connectivity index (χ1) is 5.74. The Balaban J connectivity index is 2.70. The number of allylic oxidation sites excluding steroid dienone is 1. The molecule has 0 saturated carbocycles. The minimum Gasteiger partial charge on any atom is -0.330 e. The van der Waals surface area contributed by atoms with Crippen LogP contribution in [-0.2, 0) is 7.05 Å². The fraction of sp³-hybridized carbons (Fsp3) is 0.444. The van der Waals surface area contributed by atoms with Gasteiger partial charge in [-0.15, -0.1) is 0 Å². The summed E-state index contributed by atoms with van der Waals surface area (Å²) in [5, 5.41) is 4.27. The Bertz CT molecular complexity index is 273. The van der Waals surface area contributed by atoms with Crippen LogP contribution < -0.4 is 5.73 Å². The first-order valence-electron chi connectivity index (χ1n) is 4.11. The summed E-state index contributed by atoms with van der Waals surface area (Å²) >= 11 is 0. The molecule has 1 heterocycles. The van der Waals surface area contributed by atoms with Gasteiger partial charge < -0.3 is 5.73 Å². The molecule has 3 heteroatoms. The summed E-state index contributed by atoms with van der Waals surface area (Å²) in [6.07, 6.45) is 4.97. The number of aromatic nitrogens is 2. The van der Waals surface area contributed by atoms with Crippen LogP contribution in [-0.4, -0.2) is 16.3 Å². The van der Waals surface area contributed by atoms with Gasteiger partial charge in [0.1, 0.15) is 0 Å². The third kappa shape index (κ3) is 2.20. The van der Waals surface area contributed by atoms with Crippen molar-refractivity contribution in [3.63, 3.8) is 0 Å². The number of rotatable bonds is 3. The smallest absolute Gasteiger partial charge is 0.0876 e. The summed E-state index contributed by atoms with van der Waals surface area (Å²) in [6, 6.07) is 2.00. The Morgan fingerprint density at radius 3 is 3.00 bits per heavy atom. The van der Waals surface area contributed by atoms with Crippen molar-refractivity contribution in [1.29, 1.82) is 0 Å². The van der Waals surface area contributed by atoms with Gasteiger partial charge in [0.15, 0.2) is 0 Å². The summed E-state index contributed by atoms with van der Waals surface area (Å²) in [5.41, 5.74) is 7.62. The molecule has 3 nitrogen and oxygen atoms in total. The van der Waals surface area contributed by atoms with E-state index < -0.39 is 0 Å². The van der Waals surface area contributed by atoms with E-state index in [9.17, 15) is 0 Å². The summed E-state index contributed by atoms with van der Waals surface area (Å²) in [4.78, 5) is 0. The van der Waals surface area contributed by atoms with E-state index in [0.29, 0.717) is 6.54 Å². The lowest BCUT2D eigenvalue weighted by molar-refractivity contribution is 0.763. The van der Waals surface area contributed by atoms with Gasteiger partial charge in [-0.1, -0.05) is 6.08 Å². The third-order valence-electron chi connectivity index (χ3n) is 1.73. The van der Waals surface area contributed by atoms with Crippen molar-refractivity contribution in [3.05, 3.63) is 24.0 Å². The Morgan fingerprint density at radius 2 is 2.50 bits per heavy atom. The lowest BCUT2D eigenvalue weighted by Crippen LogP contribution is -1.96. The minimum absolute atomic E-state index is 0.699. The maximum Gasteiger partial charge on any atom is 0.0876 e. The lowest BCUT2D eigenvalue weighted by Gasteiger charge is -1.94. The molecule has 2 N–H and O–H groups in total. The Labute approximate surface area is 72.9 Å². The average molecular weight is 165 g/mol. The molecule has 12 heavy (non-hydrogen) atoms. The first kappa shape index (κ1) is 9.00. The minimum atomic E-state index is 0.699. The fourth-order valence-electron chi connectivity index (χ4n) is 1.03. The second kappa shape index (κ2) is 4.07. The highest BCUT2D eigenvalue weighted by Crippen LogP contribution is 2.10. The molecule has 0 atom stereocenters. The number of nitrogens with two attached hydrogens (primary N) is 1. The molecular weight excluding hydrogens is 150 g/mol. The number of hydrogen-bond donors (Lipinski definition) is 1. The van der Waals surface area contributed by atoms with Crippen LogP contribution in [0.15, 0.2) is 18.3 Å². The summed E-state index contributed by atoms with van der Waals surface area (Å²) < 4.78 is 1.80. The molecule has 0 aliphatic carbocycles. The van der Waals surface area contributed by atoms with Gasteiger partial charge in [-0.25, -0.2) is 0 Å². The molecule has 0 saturated heterocycles. The van der Waals surface area contributed by atoms with Crippen LogP contribution in [0.1, 0.15) is 19.0 Å². The molecule has 0 spiro atoms. The van der Waals surface area contributed by atoms with E-state index in [1.807, 2.05) is 19.3 Å². The topological polar surface area (TPSA) is 43.8 Å². The standard InChI is InChI=1S/C9H15N3/c1-8(4-3-6-10)9-5-7-12(2)11-9/h4-5,7H,3,6,10H2,1-2H3/b8-4-. The van der Waals surface area contributed by atoms with Gasteiger partial charge in [0.2, 0.25) is 0 Å². The molecule has 0 unspecified atom stereocenters. The molecule has 0 aliphatic rings. The maximum absolute atomic E-state index is 5.39. The van der Waals surface area contributed by atoms with Crippen LogP contribution in [0.4, 0.5) is 0 Å². The molecule has 66 valence electrons. The normalized spacial score (nSPS) is 12.1. The van der Waals surface area contributed by atoms with Gasteiger partial charge >= 0.3 is 0 Å². The van der Waals surface area contributed by atoms with Crippen molar-refractivity contribution >= 4 is 5.57 Å². The molecule has 0 bridgehead atoms. The first-order valence-corrected chi connectivity index (χ1v) is 4.11. The predicted octanol–water partition coefficient (Wildman–Crippen LogP) is 1.17. The van der Waals surface area contributed by atoms with E-state index >= 15 is 0 Å². The van der Waals surface area contributed by atoms with Crippen LogP contribution in [0, 0.1) is 0 Å². The van der Waals surface area contributed by atoms with Gasteiger partial charge in [0.05, 0.1) is 5.69 Å². The molecule has 0 amide bonds. The molecule has 1 aromatic rings. The molecule has 0 aromatic carbocycles. The molecular formula is C9H15N3. The van der Waals surface area contributed by atoms with Gasteiger partial charge in [-0.2, -0.15) is 5.10 Å². The average Bonchev–Trinajstić information content (AvgIpc) is 2.47. The van der Waals surface area contributed by atoms with Crippen LogP contribution in [0.2, 0.25) is 0 Å². The van der Waals surface area contributed by atoms with Crippen molar-refractivity contribution in [2.45, 2.75) is 13.3 Å². The Hall–Kier alpha value is -1.09. The summed E-state index contributed by atoms with van der Waals surface area (Å²) in [6.45, 7) is 2.75. The van der Waals surface area contributed by atoms with E-state index in [-0.39, 0.29) is 0 Å². The SMILES string of the molecule is C/C(=C/CCN)c1ccn(C)n1. The van der Waals surface area contributed by atoms with Crippen LogP contribution in [0.3, 0.4) is 0 Å². The quantitative estimate of drug-likeness (QED) is 0.730. The fourth-order valence-corrected chi connectivity index (χ4v) is 1.03. The highest BCUT2D eigenvalue weighted by atomic mass is 15.2. The van der Waals surface area contributed by atoms with Crippen molar-refractivity contribution < 1.29 is 0 Å². The van der Waals surface area contributed by atoms with Crippen molar-refractivity contribution in [2.75, 3.05) is 6.54 Å². The Morgan fingerprint density at radius 1 is 1.75 bits per heavy atom. The van der Waals surface area contributed by atoms with Crippen molar-refractivity contribution in [1.82, 2.24) is 9.78 Å². The molecule has 0 aliphatic heterocycles. The largest absolute Gasteiger partial charge is 0.330 e. The highest BCUT2D eigenvalue weighted by Gasteiger charge is 1.97. The van der Waals surface area contributed by atoms with Gasteiger partial charge in [-0.05, 0) is 31.5 Å². The number of aryl methyl sites for hydroxylation is 1. The summed E-state index contributed by atoms with van der Waals surface area (Å²) in [5.74, 6) is 0. The van der Waals surface area contributed by atoms with Gasteiger partial charge in [0, 0.05) is 13.2 Å². The van der Waals surface area contributed by atoms with Crippen molar-refractivity contribution in [2.24, 2.45) is 12.8 Å². The van der Waals surface area contributed by atoms with Gasteiger partial charge in [-0.3, -0.25) is 4.68 Å². The summed E-state index contributed by atoms with van der Waals surface area (Å²) in [7, 11) is 1.92. The van der Waals surface area contributed by atoms with E-state index in [1.54, 1.807) is 4.68 Å². The molecule has 1 aromatic heterocycles. The molecule has 0 radical (unpaired) electrons. The van der Waals surface area contributed by atoms with Crippen LogP contribution in [0.5, 0.6) is 0 Å². The second-order valence-corrected chi connectivity index (χ2v) is 2.84. The zero-order chi connectivity index (χ0) is 8.97. The van der Waals surface area contributed by atoms with Crippen molar-refractivity contribution in [3.8, 4) is 0 Å². The molecule has 1 rings (SSSR count). The van der Waals surface area contributed by atoms with E-state index in [1.165, 1.54) is 5.57 Å². The maximum atomic E-state index is 5.39. The Kier molecular flexibility index (Phi) is 3.05. The van der Waals surface area contributed by atoms with E-state index in [4.69, 9.17) is 5.73 Å². The monoisotopic (exact) mass is 165 g/mol. The zero-order valence-electron chi connectivity index (χ0n) is 7.62. The zero-order valence-corrected chi connectivity index (χ0v) is 7.62. The van der Waals surface area contributed by atoms with Crippen LogP contribution in [0.25, 0.3) is 5.57 Å². The predicted molar refractivity (Wildman–Crippen MR) is 50.5 cm³/mol. The van der Waals surface area contributed by atoms with Crippen LogP contribution >= 0.6 is 0 Å². The number of hydrogen-bond acceptors (Lipinski definition) is 2. The highest BCUT2D eigenvalue weighted by molar-refractivity contribution is 5.59. The van der Waals surface area contributed by atoms with E-state index in [0.717, 1.165) is 12.1 Å². The molecule has 0 fully saturated rings.